The number of nitrogens with zero attached hydrogens (tertiary/aromatic N) is 3. The zero-order chi connectivity index (χ0) is 38.0. The topological polar surface area (TPSA) is 122 Å². The maximum atomic E-state index is 14.2. The predicted molar refractivity (Wildman–Crippen MR) is 206 cm³/mol. The fourth-order valence-corrected chi connectivity index (χ4v) is 8.44. The van der Waals surface area contributed by atoms with Crippen molar-refractivity contribution in [3.8, 4) is 11.5 Å². The maximum Gasteiger partial charge on any atom is 0.410 e. The number of aliphatic hydroxyl groups excluding tert-OH is 2. The molecule has 2 aliphatic carbocycles. The lowest BCUT2D eigenvalue weighted by atomic mass is 9.55. The minimum atomic E-state index is -1.30. The van der Waals surface area contributed by atoms with Crippen LogP contribution in [0.3, 0.4) is 0 Å². The molecule has 53 heavy (non-hydrogen) atoms. The summed E-state index contributed by atoms with van der Waals surface area (Å²) in [6.07, 6.45) is 9.69. The van der Waals surface area contributed by atoms with Gasteiger partial charge in [-0.2, -0.15) is 0 Å². The van der Waals surface area contributed by atoms with Gasteiger partial charge in [0.05, 0.1) is 24.8 Å². The fraction of sp³-hybridized carbons (Fsp3) is 0.714. The molecule has 2 N–H and O–H groups in total. The molecule has 6 atom stereocenters. The van der Waals surface area contributed by atoms with Crippen molar-refractivity contribution < 1.29 is 38.8 Å². The molecule has 0 aromatic heterocycles. The maximum absolute atomic E-state index is 14.2. The molecule has 2 heterocycles. The number of allylic oxidation sites excluding steroid dienone is 1. The Morgan fingerprint density at radius 1 is 1.13 bits per heavy atom. The summed E-state index contributed by atoms with van der Waals surface area (Å²) in [5.41, 5.74) is 2.64. The van der Waals surface area contributed by atoms with Crippen LogP contribution in [0.25, 0.3) is 0 Å². The van der Waals surface area contributed by atoms with Gasteiger partial charge in [0, 0.05) is 57.3 Å². The van der Waals surface area contributed by atoms with Crippen molar-refractivity contribution in [1.82, 2.24) is 9.80 Å². The molecule has 1 aromatic carbocycles. The van der Waals surface area contributed by atoms with Crippen molar-refractivity contribution >= 4 is 11.8 Å². The number of ether oxygens (including phenoxy) is 4. The number of hydrogen-bond donors (Lipinski definition) is 2. The third-order valence-corrected chi connectivity index (χ3v) is 10.9. The van der Waals surface area contributed by atoms with E-state index in [0.29, 0.717) is 44.8 Å². The number of carbonyl (C=O) groups is 1. The van der Waals surface area contributed by atoms with Crippen LogP contribution in [-0.2, 0) is 14.3 Å². The van der Waals surface area contributed by atoms with Crippen molar-refractivity contribution in [2.45, 2.75) is 104 Å². The van der Waals surface area contributed by atoms with Gasteiger partial charge in [-0.25, -0.2) is 4.79 Å². The average molecular weight is 740 g/mol. The number of unbranched alkanes of at least 4 members (excludes halogenated alkanes) is 2. The van der Waals surface area contributed by atoms with Crippen LogP contribution >= 0.6 is 0 Å². The van der Waals surface area contributed by atoms with Gasteiger partial charge in [0.25, 0.3) is 0 Å². The lowest BCUT2D eigenvalue weighted by Crippen LogP contribution is -2.70. The van der Waals surface area contributed by atoms with E-state index in [-0.39, 0.29) is 55.5 Å². The summed E-state index contributed by atoms with van der Waals surface area (Å²) in [6, 6.07) is 5.53. The second kappa shape index (κ2) is 19.0. The second-order valence-electron chi connectivity index (χ2n) is 16.2. The predicted octanol–water partition coefficient (Wildman–Crippen LogP) is 6.93. The summed E-state index contributed by atoms with van der Waals surface area (Å²) in [7, 11) is 0. The lowest BCUT2D eigenvalue weighted by molar-refractivity contribution is -0.255. The van der Waals surface area contributed by atoms with Gasteiger partial charge >= 0.3 is 6.09 Å². The summed E-state index contributed by atoms with van der Waals surface area (Å²) in [6.45, 7) is 19.5. The number of rotatable bonds is 21. The Hall–Kier alpha value is -3.12. The minimum Gasteiger partial charge on any atom is -0.492 e. The van der Waals surface area contributed by atoms with Gasteiger partial charge < -0.3 is 34.0 Å². The fourth-order valence-electron chi connectivity index (χ4n) is 8.44. The second-order valence-corrected chi connectivity index (χ2v) is 16.2. The number of benzene rings is 1. The Balaban J connectivity index is 1.71. The van der Waals surface area contributed by atoms with Gasteiger partial charge in [-0.1, -0.05) is 57.8 Å². The van der Waals surface area contributed by atoms with E-state index in [1.165, 1.54) is 0 Å². The standard InChI is InChI=1S/C42H65N3O8/c1-7-18-45(40(48)50-29-41(4,5)6)37-28-35(43-52-9-3)33-26-30(14-10-12-22-46)32(15-11-13-23-47)38-34-27-31(49-25-21-44-19-20-44)16-17-36(34)53-42(37,39(33)38)51-24-8-2/h8,16-17,26-27,30,32,37-39,46-47H,2,7,9-15,18-25,28-29H2,1,3-6H3. The summed E-state index contributed by atoms with van der Waals surface area (Å²) < 4.78 is 26.6. The molecule has 1 saturated carbocycles. The molecule has 1 saturated heterocycles. The number of amides is 1. The molecular weight excluding hydrogens is 674 g/mol. The van der Waals surface area contributed by atoms with E-state index in [0.717, 1.165) is 74.3 Å². The molecular formula is C42H65N3O8. The highest BCUT2D eigenvalue weighted by atomic mass is 16.7. The molecule has 2 aliphatic heterocycles. The van der Waals surface area contributed by atoms with E-state index in [4.69, 9.17) is 28.9 Å². The molecule has 2 fully saturated rings. The van der Waals surface area contributed by atoms with Crippen molar-refractivity contribution in [2.24, 2.45) is 28.3 Å². The molecule has 1 amide bonds. The van der Waals surface area contributed by atoms with E-state index in [9.17, 15) is 15.0 Å². The molecule has 0 spiro atoms. The van der Waals surface area contributed by atoms with E-state index in [1.54, 1.807) is 11.0 Å². The van der Waals surface area contributed by atoms with Crippen molar-refractivity contribution in [2.75, 3.05) is 65.8 Å². The molecule has 1 aromatic rings. The zero-order valence-electron chi connectivity index (χ0n) is 32.9. The number of oxime groups is 1. The summed E-state index contributed by atoms with van der Waals surface area (Å²) >= 11 is 0. The highest BCUT2D eigenvalue weighted by Crippen LogP contribution is 2.62. The quantitative estimate of drug-likeness (QED) is 0.0599. The number of fused-ring (bicyclic) bond motifs is 2. The Bertz CT molecular complexity index is 1420. The molecule has 296 valence electrons. The Morgan fingerprint density at radius 2 is 1.89 bits per heavy atom. The molecule has 11 heteroatoms. The highest BCUT2D eigenvalue weighted by Gasteiger charge is 2.65. The van der Waals surface area contributed by atoms with Crippen LogP contribution in [0.1, 0.15) is 97.5 Å². The first-order chi connectivity index (χ1) is 25.6. The SMILES string of the molecule is C=CCOC12Oc3ccc(OCCN4CC4)cc3C3C(CCCCO)C(CCCCO)C=C(C(=NOCC)CC1N(CCC)C(=O)OCC(C)(C)C)C32. The zero-order valence-corrected chi connectivity index (χ0v) is 32.9. The van der Waals surface area contributed by atoms with Crippen molar-refractivity contribution in [3.05, 3.63) is 48.1 Å². The first-order valence-electron chi connectivity index (χ1n) is 20.1. The molecule has 11 nitrogen and oxygen atoms in total. The molecule has 0 bridgehead atoms. The lowest BCUT2D eigenvalue weighted by Gasteiger charge is -2.60. The van der Waals surface area contributed by atoms with E-state index in [1.807, 2.05) is 39.8 Å². The van der Waals surface area contributed by atoms with Crippen molar-refractivity contribution in [3.63, 3.8) is 0 Å². The van der Waals surface area contributed by atoms with Gasteiger partial charge in [0.2, 0.25) is 5.79 Å². The summed E-state index contributed by atoms with van der Waals surface area (Å²) in [4.78, 5) is 24.2. The van der Waals surface area contributed by atoms with Crippen LogP contribution in [0.2, 0.25) is 0 Å². The first-order valence-corrected chi connectivity index (χ1v) is 20.1. The number of hydrogen-bond acceptors (Lipinski definition) is 10. The summed E-state index contributed by atoms with van der Waals surface area (Å²) in [5, 5.41) is 24.4. The van der Waals surface area contributed by atoms with Crippen molar-refractivity contribution in [1.29, 1.82) is 0 Å². The minimum absolute atomic E-state index is 0.0965. The third kappa shape index (κ3) is 9.96. The molecule has 0 radical (unpaired) electrons. The van der Waals surface area contributed by atoms with Crippen LogP contribution in [-0.4, -0.2) is 109 Å². The molecule has 6 unspecified atom stereocenters. The third-order valence-electron chi connectivity index (χ3n) is 10.9. The van der Waals surface area contributed by atoms with Gasteiger partial charge in [0.1, 0.15) is 30.8 Å². The number of aliphatic hydroxyl groups is 2. The summed E-state index contributed by atoms with van der Waals surface area (Å²) in [5.74, 6) is 0.0700. The smallest absolute Gasteiger partial charge is 0.410 e. The van der Waals surface area contributed by atoms with Gasteiger partial charge in [-0.15, -0.1) is 6.58 Å². The molecule has 5 rings (SSSR count). The van der Waals surface area contributed by atoms with Gasteiger partial charge in [0.15, 0.2) is 0 Å². The van der Waals surface area contributed by atoms with Gasteiger partial charge in [-0.3, -0.25) is 9.80 Å². The average Bonchev–Trinajstić information content (AvgIpc) is 3.97. The monoisotopic (exact) mass is 739 g/mol. The van der Waals surface area contributed by atoms with Crippen LogP contribution < -0.4 is 9.47 Å². The molecule has 4 aliphatic rings. The van der Waals surface area contributed by atoms with Crippen LogP contribution in [0.15, 0.2) is 47.7 Å². The highest BCUT2D eigenvalue weighted by molar-refractivity contribution is 6.02. The Kier molecular flexibility index (Phi) is 14.7. The normalized spacial score (nSPS) is 26.9. The Morgan fingerprint density at radius 3 is 2.55 bits per heavy atom. The Labute approximate surface area is 317 Å². The van der Waals surface area contributed by atoms with Crippen LogP contribution in [0.5, 0.6) is 11.5 Å². The largest absolute Gasteiger partial charge is 0.492 e. The van der Waals surface area contributed by atoms with Gasteiger partial charge in [-0.05, 0) is 80.1 Å². The van der Waals surface area contributed by atoms with Crippen LogP contribution in [0.4, 0.5) is 4.79 Å². The van der Waals surface area contributed by atoms with E-state index < -0.39 is 17.9 Å². The van der Waals surface area contributed by atoms with E-state index >= 15 is 0 Å². The number of carbonyl (C=O) groups excluding carboxylic acids is 1. The van der Waals surface area contributed by atoms with E-state index in [2.05, 4.69) is 30.5 Å². The first kappa shape index (κ1) is 41.1. The van der Waals surface area contributed by atoms with Crippen LogP contribution in [0, 0.1) is 23.2 Å².